The number of aromatic nitrogens is 1. The average molecular weight is 530 g/mol. The average Bonchev–Trinajstić information content (AvgIpc) is 2.95. The minimum Gasteiger partial charge on any atom is -0.307 e. The van der Waals surface area contributed by atoms with Crippen molar-refractivity contribution in [3.8, 4) is 0 Å². The highest BCUT2D eigenvalue weighted by Crippen LogP contribution is 2.38. The van der Waals surface area contributed by atoms with Crippen molar-refractivity contribution in [1.29, 1.82) is 0 Å². The Hall–Kier alpha value is -3.81. The predicted molar refractivity (Wildman–Crippen MR) is 145 cm³/mol. The summed E-state index contributed by atoms with van der Waals surface area (Å²) in [6.45, 7) is 0.949. The lowest BCUT2D eigenvalue weighted by atomic mass is 9.75. The number of carbonyl (C=O) groups excluding carboxylic acids is 1. The van der Waals surface area contributed by atoms with Crippen LogP contribution in [0.15, 0.2) is 109 Å². The van der Waals surface area contributed by atoms with E-state index >= 15 is 0 Å². The molecule has 4 nitrogen and oxygen atoms in total. The van der Waals surface area contributed by atoms with Gasteiger partial charge in [0.1, 0.15) is 6.29 Å². The lowest BCUT2D eigenvalue weighted by Gasteiger charge is -2.53. The molecule has 0 amide bonds. The summed E-state index contributed by atoms with van der Waals surface area (Å²) in [7, 11) is 0. The molecule has 0 saturated carbocycles. The molecule has 200 valence electrons. The second-order valence-electron chi connectivity index (χ2n) is 10.1. The zero-order valence-electron chi connectivity index (χ0n) is 21.4. The van der Waals surface area contributed by atoms with E-state index in [0.29, 0.717) is 25.9 Å². The first-order valence-electron chi connectivity index (χ1n) is 13.0. The van der Waals surface area contributed by atoms with Crippen LogP contribution >= 0.6 is 0 Å². The van der Waals surface area contributed by atoms with Crippen LogP contribution in [0.2, 0.25) is 0 Å². The Morgan fingerprint density at radius 3 is 1.95 bits per heavy atom. The molecule has 1 aliphatic heterocycles. The van der Waals surface area contributed by atoms with Crippen LogP contribution in [0.5, 0.6) is 0 Å². The Morgan fingerprint density at radius 1 is 0.821 bits per heavy atom. The summed E-state index contributed by atoms with van der Waals surface area (Å²) in [5, 5.41) is 3.72. The molecular weight excluding hydrogens is 499 g/mol. The Bertz CT molecular complexity index is 1310. The minimum absolute atomic E-state index is 0.302. The predicted octanol–water partition coefficient (Wildman–Crippen LogP) is 6.04. The fraction of sp³-hybridized carbons (Fsp3) is 0.250. The van der Waals surface area contributed by atoms with E-state index in [1.807, 2.05) is 60.7 Å². The number of pyridine rings is 1. The van der Waals surface area contributed by atoms with Gasteiger partial charge in [0.25, 0.3) is 0 Å². The Morgan fingerprint density at radius 2 is 1.38 bits per heavy atom. The molecule has 2 heterocycles. The van der Waals surface area contributed by atoms with Gasteiger partial charge in [0.05, 0.1) is 11.6 Å². The Labute approximate surface area is 226 Å². The maximum Gasteiger partial charge on any atom is 0.416 e. The first kappa shape index (κ1) is 26.8. The van der Waals surface area contributed by atoms with E-state index < -0.39 is 23.3 Å². The van der Waals surface area contributed by atoms with Gasteiger partial charge >= 0.3 is 6.18 Å². The molecule has 1 aromatic heterocycles. The van der Waals surface area contributed by atoms with Crippen molar-refractivity contribution in [2.75, 3.05) is 6.54 Å². The number of rotatable bonds is 8. The van der Waals surface area contributed by atoms with Crippen LogP contribution in [0, 0.1) is 0 Å². The van der Waals surface area contributed by atoms with Gasteiger partial charge in [-0.1, -0.05) is 72.8 Å². The highest BCUT2D eigenvalue weighted by Gasteiger charge is 2.48. The Kier molecular flexibility index (Phi) is 7.91. The van der Waals surface area contributed by atoms with E-state index in [0.717, 1.165) is 40.7 Å². The third-order valence-corrected chi connectivity index (χ3v) is 7.56. The normalized spacial score (nSPS) is 21.9. The third kappa shape index (κ3) is 6.10. The molecule has 1 aliphatic rings. The maximum absolute atomic E-state index is 13.3. The monoisotopic (exact) mass is 529 g/mol. The fourth-order valence-electron chi connectivity index (χ4n) is 5.67. The number of hydrogen-bond acceptors (Lipinski definition) is 4. The highest BCUT2D eigenvalue weighted by molar-refractivity contribution is 5.62. The van der Waals surface area contributed by atoms with Crippen LogP contribution in [0.1, 0.15) is 33.9 Å². The Balaban J connectivity index is 1.57. The van der Waals surface area contributed by atoms with Crippen molar-refractivity contribution in [3.63, 3.8) is 0 Å². The number of halogens is 3. The van der Waals surface area contributed by atoms with Crippen LogP contribution in [0.4, 0.5) is 13.2 Å². The van der Waals surface area contributed by atoms with Crippen molar-refractivity contribution in [1.82, 2.24) is 15.2 Å². The summed E-state index contributed by atoms with van der Waals surface area (Å²) in [4.78, 5) is 19.4. The standard InChI is InChI=1S/C32H30F3N3O/c33-32(34,35)28-13-11-27(12-14-28)29-21-37-31(19-24-7-3-1-4-8-24,20-25-15-17-36-18-16-25)30(23-39)38(29)22-26-9-5-2-6-10-26/h1-18,23,29-30,37H,19-22H2. The first-order chi connectivity index (χ1) is 18.9. The zero-order valence-corrected chi connectivity index (χ0v) is 21.4. The van der Waals surface area contributed by atoms with Gasteiger partial charge in [-0.2, -0.15) is 13.2 Å². The number of aldehydes is 1. The molecule has 7 heteroatoms. The van der Waals surface area contributed by atoms with Crippen molar-refractivity contribution in [2.24, 2.45) is 0 Å². The molecule has 5 rings (SSSR count). The van der Waals surface area contributed by atoms with E-state index in [9.17, 15) is 18.0 Å². The molecule has 39 heavy (non-hydrogen) atoms. The van der Waals surface area contributed by atoms with Gasteiger partial charge in [0.15, 0.2) is 0 Å². The molecule has 3 aromatic carbocycles. The van der Waals surface area contributed by atoms with Gasteiger partial charge in [-0.05, 0) is 59.4 Å². The third-order valence-electron chi connectivity index (χ3n) is 7.56. The van der Waals surface area contributed by atoms with E-state index in [-0.39, 0.29) is 6.04 Å². The molecule has 1 saturated heterocycles. The fourth-order valence-corrected chi connectivity index (χ4v) is 5.67. The number of carbonyl (C=O) groups is 1. The molecule has 1 fully saturated rings. The van der Waals surface area contributed by atoms with Crippen molar-refractivity contribution in [3.05, 3.63) is 137 Å². The van der Waals surface area contributed by atoms with Crippen molar-refractivity contribution < 1.29 is 18.0 Å². The van der Waals surface area contributed by atoms with Crippen molar-refractivity contribution in [2.45, 2.75) is 43.2 Å². The maximum atomic E-state index is 13.3. The van der Waals surface area contributed by atoms with Crippen LogP contribution in [-0.4, -0.2) is 34.3 Å². The molecule has 0 radical (unpaired) electrons. The number of benzene rings is 3. The number of nitrogens with one attached hydrogen (secondary N) is 1. The minimum atomic E-state index is -4.41. The SMILES string of the molecule is O=CC1N(Cc2ccccc2)C(c2ccc(C(F)(F)F)cc2)CNC1(Cc1ccccc1)Cc1ccncc1. The summed E-state index contributed by atoms with van der Waals surface area (Å²) in [6, 6.07) is 28.3. The largest absolute Gasteiger partial charge is 0.416 e. The summed E-state index contributed by atoms with van der Waals surface area (Å²) >= 11 is 0. The van der Waals surface area contributed by atoms with Crippen molar-refractivity contribution >= 4 is 6.29 Å². The van der Waals surface area contributed by atoms with Crippen LogP contribution in [0.3, 0.4) is 0 Å². The zero-order chi connectivity index (χ0) is 27.3. The molecule has 0 aliphatic carbocycles. The van der Waals surface area contributed by atoms with Gasteiger partial charge in [-0.15, -0.1) is 0 Å². The van der Waals surface area contributed by atoms with Crippen LogP contribution in [0.25, 0.3) is 0 Å². The smallest absolute Gasteiger partial charge is 0.307 e. The summed E-state index contributed by atoms with van der Waals surface area (Å²) in [6.07, 6.45) is 1.27. The van der Waals surface area contributed by atoms with Crippen LogP contribution in [-0.2, 0) is 30.4 Å². The van der Waals surface area contributed by atoms with Gasteiger partial charge in [-0.25, -0.2) is 0 Å². The lowest BCUT2D eigenvalue weighted by Crippen LogP contribution is -2.69. The summed E-state index contributed by atoms with van der Waals surface area (Å²) in [5.41, 5.74) is 2.57. The van der Waals surface area contributed by atoms with Gasteiger partial charge in [-0.3, -0.25) is 9.88 Å². The molecule has 0 spiro atoms. The lowest BCUT2D eigenvalue weighted by molar-refractivity contribution is -0.137. The number of hydrogen-bond donors (Lipinski definition) is 1. The highest BCUT2D eigenvalue weighted by atomic mass is 19.4. The molecule has 3 atom stereocenters. The van der Waals surface area contributed by atoms with E-state index in [2.05, 4.69) is 27.3 Å². The quantitative estimate of drug-likeness (QED) is 0.283. The molecular formula is C32H30F3N3O. The molecule has 1 N–H and O–H groups in total. The van der Waals surface area contributed by atoms with Gasteiger partial charge in [0, 0.05) is 37.1 Å². The van der Waals surface area contributed by atoms with E-state index in [4.69, 9.17) is 0 Å². The molecule has 4 aromatic rings. The van der Waals surface area contributed by atoms with Gasteiger partial charge in [0.2, 0.25) is 0 Å². The molecule has 3 unspecified atom stereocenters. The second kappa shape index (κ2) is 11.5. The topological polar surface area (TPSA) is 45.2 Å². The second-order valence-corrected chi connectivity index (χ2v) is 10.1. The van der Waals surface area contributed by atoms with Gasteiger partial charge < -0.3 is 10.1 Å². The van der Waals surface area contributed by atoms with E-state index in [1.54, 1.807) is 12.4 Å². The molecule has 0 bridgehead atoms. The van der Waals surface area contributed by atoms with E-state index in [1.165, 1.54) is 12.1 Å². The number of piperazine rings is 1. The number of alkyl halides is 3. The van der Waals surface area contributed by atoms with Crippen LogP contribution < -0.4 is 5.32 Å². The first-order valence-corrected chi connectivity index (χ1v) is 13.0. The summed E-state index contributed by atoms with van der Waals surface area (Å²) < 4.78 is 39.9. The summed E-state index contributed by atoms with van der Waals surface area (Å²) in [5.74, 6) is 0. The number of nitrogens with zero attached hydrogens (tertiary/aromatic N) is 2.